The summed E-state index contributed by atoms with van der Waals surface area (Å²) < 4.78 is 4.65. The van der Waals surface area contributed by atoms with Crippen LogP contribution in [-0.2, 0) is 4.74 Å². The molecule has 0 fully saturated rings. The summed E-state index contributed by atoms with van der Waals surface area (Å²) in [4.78, 5) is 11.3. The number of hydrogen-bond donors (Lipinski definition) is 0. The molecule has 0 bridgehead atoms. The normalized spacial score (nSPS) is 10.6. The Kier molecular flexibility index (Phi) is 4.37. The van der Waals surface area contributed by atoms with Gasteiger partial charge in [-0.25, -0.2) is 4.79 Å². The summed E-state index contributed by atoms with van der Waals surface area (Å²) in [6.07, 6.45) is 3.97. The first-order valence-electron chi connectivity index (χ1n) is 5.81. The number of ether oxygens (including phenoxy) is 1. The van der Waals surface area contributed by atoms with Crippen molar-refractivity contribution in [3.05, 3.63) is 70.2 Å². The second kappa shape index (κ2) is 6.21. The molecule has 0 aliphatic heterocycles. The molecule has 0 N–H and O–H groups in total. The number of methoxy groups -OCH3 is 1. The van der Waals surface area contributed by atoms with Crippen LogP contribution in [0.5, 0.6) is 0 Å². The molecule has 0 aromatic heterocycles. The van der Waals surface area contributed by atoms with E-state index in [1.165, 1.54) is 7.11 Å². The zero-order valence-electron chi connectivity index (χ0n) is 10.5. The number of carbonyl (C=O) groups is 1. The van der Waals surface area contributed by atoms with Gasteiger partial charge in [-0.05, 0) is 35.4 Å². The van der Waals surface area contributed by atoms with Crippen LogP contribution in [0.1, 0.15) is 21.5 Å². The average molecular weight is 273 g/mol. The summed E-state index contributed by atoms with van der Waals surface area (Å²) in [6.45, 7) is 0. The Morgan fingerprint density at radius 2 is 1.42 bits per heavy atom. The van der Waals surface area contributed by atoms with E-state index in [9.17, 15) is 4.79 Å². The van der Waals surface area contributed by atoms with Crippen LogP contribution >= 0.6 is 11.6 Å². The topological polar surface area (TPSA) is 26.3 Å². The van der Waals surface area contributed by atoms with E-state index in [0.29, 0.717) is 5.56 Å². The molecule has 96 valence electrons. The van der Waals surface area contributed by atoms with Crippen molar-refractivity contribution in [2.24, 2.45) is 0 Å². The molecule has 0 saturated carbocycles. The summed E-state index contributed by atoms with van der Waals surface area (Å²) in [5, 5.41) is 0.722. The van der Waals surface area contributed by atoms with Crippen molar-refractivity contribution in [1.82, 2.24) is 0 Å². The molecule has 0 aliphatic rings. The minimum Gasteiger partial charge on any atom is -0.465 e. The summed E-state index contributed by atoms with van der Waals surface area (Å²) in [6, 6.07) is 14.8. The van der Waals surface area contributed by atoms with E-state index in [1.807, 2.05) is 48.6 Å². The van der Waals surface area contributed by atoms with Gasteiger partial charge in [0.15, 0.2) is 0 Å². The lowest BCUT2D eigenvalue weighted by molar-refractivity contribution is 0.0601. The van der Waals surface area contributed by atoms with E-state index in [0.717, 1.165) is 16.1 Å². The highest BCUT2D eigenvalue weighted by Crippen LogP contribution is 2.13. The second-order valence-electron chi connectivity index (χ2n) is 4.00. The highest BCUT2D eigenvalue weighted by Gasteiger charge is 2.02. The first-order chi connectivity index (χ1) is 9.19. The summed E-state index contributed by atoms with van der Waals surface area (Å²) >= 11 is 5.82. The Balaban J connectivity index is 2.11. The third kappa shape index (κ3) is 3.70. The minimum absolute atomic E-state index is 0.326. The minimum atomic E-state index is -0.326. The molecule has 2 rings (SSSR count). The van der Waals surface area contributed by atoms with Crippen molar-refractivity contribution in [1.29, 1.82) is 0 Å². The molecule has 2 aromatic carbocycles. The monoisotopic (exact) mass is 272 g/mol. The van der Waals surface area contributed by atoms with Crippen molar-refractivity contribution in [3.63, 3.8) is 0 Å². The molecular weight excluding hydrogens is 260 g/mol. The molecule has 19 heavy (non-hydrogen) atoms. The number of esters is 1. The van der Waals surface area contributed by atoms with Gasteiger partial charge in [-0.2, -0.15) is 0 Å². The van der Waals surface area contributed by atoms with Crippen molar-refractivity contribution in [2.75, 3.05) is 7.11 Å². The summed E-state index contributed by atoms with van der Waals surface area (Å²) in [5.74, 6) is -0.326. The Morgan fingerprint density at radius 1 is 0.947 bits per heavy atom. The van der Waals surface area contributed by atoms with Crippen LogP contribution in [0.2, 0.25) is 5.02 Å². The number of hydrogen-bond acceptors (Lipinski definition) is 2. The average Bonchev–Trinajstić information content (AvgIpc) is 2.46. The van der Waals surface area contributed by atoms with Crippen molar-refractivity contribution in [3.8, 4) is 0 Å². The lowest BCUT2D eigenvalue weighted by atomic mass is 10.1. The number of halogens is 1. The second-order valence-corrected chi connectivity index (χ2v) is 4.43. The van der Waals surface area contributed by atoms with Gasteiger partial charge >= 0.3 is 5.97 Å². The Bertz CT molecular complexity index is 583. The van der Waals surface area contributed by atoms with Crippen LogP contribution in [-0.4, -0.2) is 13.1 Å². The molecule has 0 saturated heterocycles. The standard InChI is InChI=1S/C16H13ClO2/c1-19-16(18)14-8-4-12(5-9-14)2-3-13-6-10-15(17)11-7-13/h2-11H,1H3. The van der Waals surface area contributed by atoms with Gasteiger partial charge in [-0.1, -0.05) is 48.0 Å². The third-order valence-electron chi connectivity index (χ3n) is 2.67. The van der Waals surface area contributed by atoms with Gasteiger partial charge < -0.3 is 4.74 Å². The lowest BCUT2D eigenvalue weighted by Crippen LogP contribution is -2.00. The van der Waals surface area contributed by atoms with Gasteiger partial charge in [0.05, 0.1) is 12.7 Å². The van der Waals surface area contributed by atoms with Crippen molar-refractivity contribution < 1.29 is 9.53 Å². The SMILES string of the molecule is COC(=O)c1ccc(C=Cc2ccc(Cl)cc2)cc1. The fourth-order valence-electron chi connectivity index (χ4n) is 1.61. The fraction of sp³-hybridized carbons (Fsp3) is 0.0625. The molecule has 2 aromatic rings. The molecule has 0 spiro atoms. The molecule has 0 atom stereocenters. The zero-order chi connectivity index (χ0) is 13.7. The van der Waals surface area contributed by atoms with E-state index in [2.05, 4.69) is 4.74 Å². The van der Waals surface area contributed by atoms with Gasteiger partial charge in [0, 0.05) is 5.02 Å². The molecule has 2 nitrogen and oxygen atoms in total. The van der Waals surface area contributed by atoms with Crippen LogP contribution < -0.4 is 0 Å². The molecule has 3 heteroatoms. The van der Waals surface area contributed by atoms with Crippen LogP contribution in [0, 0.1) is 0 Å². The first kappa shape index (κ1) is 13.4. The molecule has 0 aliphatic carbocycles. The van der Waals surface area contributed by atoms with E-state index in [4.69, 9.17) is 11.6 Å². The van der Waals surface area contributed by atoms with E-state index < -0.39 is 0 Å². The van der Waals surface area contributed by atoms with Gasteiger partial charge in [-0.3, -0.25) is 0 Å². The maximum atomic E-state index is 11.3. The lowest BCUT2D eigenvalue weighted by Gasteiger charge is -1.99. The Morgan fingerprint density at radius 3 is 1.89 bits per heavy atom. The quantitative estimate of drug-likeness (QED) is 0.615. The van der Waals surface area contributed by atoms with Crippen LogP contribution in [0.3, 0.4) is 0 Å². The highest BCUT2D eigenvalue weighted by molar-refractivity contribution is 6.30. The maximum Gasteiger partial charge on any atom is 0.337 e. The molecular formula is C16H13ClO2. The van der Waals surface area contributed by atoms with Crippen LogP contribution in [0.25, 0.3) is 12.2 Å². The van der Waals surface area contributed by atoms with Crippen LogP contribution in [0.15, 0.2) is 48.5 Å². The smallest absolute Gasteiger partial charge is 0.337 e. The predicted octanol–water partition coefficient (Wildman–Crippen LogP) is 4.30. The van der Waals surface area contributed by atoms with E-state index >= 15 is 0 Å². The van der Waals surface area contributed by atoms with E-state index in [1.54, 1.807) is 12.1 Å². The van der Waals surface area contributed by atoms with Gasteiger partial charge in [0.1, 0.15) is 0 Å². The summed E-state index contributed by atoms with van der Waals surface area (Å²) in [7, 11) is 1.37. The number of benzene rings is 2. The fourth-order valence-corrected chi connectivity index (χ4v) is 1.74. The Labute approximate surface area is 117 Å². The first-order valence-corrected chi connectivity index (χ1v) is 6.19. The zero-order valence-corrected chi connectivity index (χ0v) is 11.2. The number of carbonyl (C=O) groups excluding carboxylic acids is 1. The molecule has 0 radical (unpaired) electrons. The largest absolute Gasteiger partial charge is 0.465 e. The molecule has 0 amide bonds. The maximum absolute atomic E-state index is 11.3. The van der Waals surface area contributed by atoms with Crippen molar-refractivity contribution >= 4 is 29.7 Å². The van der Waals surface area contributed by atoms with Crippen LogP contribution in [0.4, 0.5) is 0 Å². The van der Waals surface area contributed by atoms with Crippen molar-refractivity contribution in [2.45, 2.75) is 0 Å². The van der Waals surface area contributed by atoms with E-state index in [-0.39, 0.29) is 5.97 Å². The third-order valence-corrected chi connectivity index (χ3v) is 2.92. The van der Waals surface area contributed by atoms with Gasteiger partial charge in [-0.15, -0.1) is 0 Å². The van der Waals surface area contributed by atoms with Gasteiger partial charge in [0.25, 0.3) is 0 Å². The molecule has 0 heterocycles. The highest BCUT2D eigenvalue weighted by atomic mass is 35.5. The summed E-state index contributed by atoms with van der Waals surface area (Å²) in [5.41, 5.74) is 2.63. The Hall–Kier alpha value is -2.06. The number of rotatable bonds is 3. The molecule has 0 unspecified atom stereocenters. The van der Waals surface area contributed by atoms with Gasteiger partial charge in [0.2, 0.25) is 0 Å². The predicted molar refractivity (Wildman–Crippen MR) is 78.2 cm³/mol.